The number of carboxylic acid groups (broad SMARTS) is 3. The number of esters is 1. The summed E-state index contributed by atoms with van der Waals surface area (Å²) in [6, 6.07) is 30.5. The summed E-state index contributed by atoms with van der Waals surface area (Å²) >= 11 is 11.0. The van der Waals surface area contributed by atoms with Crippen molar-refractivity contribution in [2.75, 3.05) is 13.1 Å². The molecule has 7 N–H and O–H groups in total. The average molecular weight is 1270 g/mol. The number of thiophene rings is 4. The van der Waals surface area contributed by atoms with Crippen LogP contribution in [0, 0.1) is 0 Å². The van der Waals surface area contributed by atoms with Crippen molar-refractivity contribution >= 4 is 140 Å². The number of amides is 3. The van der Waals surface area contributed by atoms with Crippen LogP contribution in [0.4, 0.5) is 4.79 Å². The minimum absolute atomic E-state index is 0. The fourth-order valence-corrected chi connectivity index (χ4v) is 13.4. The second kappa shape index (κ2) is 29.7. The molecule has 0 spiro atoms. The third-order valence-electron chi connectivity index (χ3n) is 13.9. The number of aromatic carboxylic acids is 2. The smallest absolute Gasteiger partial charge is 0.544 e. The molecule has 10 aromatic rings. The molecule has 8 heterocycles. The third-order valence-corrected chi connectivity index (χ3v) is 19.0. The van der Waals surface area contributed by atoms with Crippen LogP contribution in [0.2, 0.25) is 5.02 Å². The molecule has 13 rings (SSSR count). The first kappa shape index (κ1) is 64.3. The predicted octanol–water partition coefficient (Wildman–Crippen LogP) is 7.45. The number of alkyl carbamates (subject to hydrolysis) is 1. The Hall–Kier alpha value is -8.18. The van der Waals surface area contributed by atoms with Gasteiger partial charge in [0.1, 0.15) is 30.2 Å². The number of hydrogen-bond donors (Lipinski definition) is 6. The number of rotatable bonds is 18. The normalized spacial score (nSPS) is 13.8. The van der Waals surface area contributed by atoms with E-state index in [1.54, 1.807) is 42.9 Å². The molecule has 0 aliphatic heterocycles. The largest absolute Gasteiger partial charge is 1.00 e. The third kappa shape index (κ3) is 16.9. The van der Waals surface area contributed by atoms with E-state index in [0.717, 1.165) is 66.0 Å². The van der Waals surface area contributed by atoms with Crippen LogP contribution in [0.15, 0.2) is 134 Å². The quantitative estimate of drug-likeness (QED) is 0.0359. The zero-order valence-corrected chi connectivity index (χ0v) is 51.0. The fourth-order valence-electron chi connectivity index (χ4n) is 8.95. The van der Waals surface area contributed by atoms with Gasteiger partial charge in [0.25, 0.3) is 11.8 Å². The van der Waals surface area contributed by atoms with E-state index in [-0.39, 0.29) is 61.9 Å². The summed E-state index contributed by atoms with van der Waals surface area (Å²) < 4.78 is 14.5. The number of benzene rings is 2. The standard InChI is InChI=1S/C29H27N3O5S.C14H15N3O3S.C11H9NO2S.C8H4ClNO2S.Li/c33-27(25-15-23-26(38-25)22(13-14-30-23)21-11-12-21)31-16-24(28(34)36-17-19-7-3-1-4-8-19)32-29(35)37-18-20-9-5-2-6-10-20;15-9(14(19)20)6-17-13(18)11-5-10-12(21-11)8(3-4-16-10)7-1-2-7;13-11(14)9-5-8-10(15-9)7(3-4-12-8)6-1-2-6;9-4-1-2-10-5-3-6(8(11)12)13-7(4)5;/h1-10,13-15,21,24H,11-12,16-18H2,(H,31,33)(H,32,35);3-5,7,9H,1-2,6,15H2,(H,17,18)(H,19,20);3-6H,1-2H2,(H,13,14);1-3H,(H,11,12);/q;;;;+1/p-1/t24-;9-;;;/m11.../s1. The number of ether oxygens (including phenoxy) is 2. The fraction of sp³-hybridized carbons (Fsp3) is 0.242. The number of nitrogens with one attached hydrogen (secondary N) is 3. The maximum Gasteiger partial charge on any atom is 1.00 e. The number of pyridine rings is 4. The minimum atomic E-state index is -1.20. The van der Waals surface area contributed by atoms with Gasteiger partial charge in [0, 0.05) is 37.9 Å². The van der Waals surface area contributed by atoms with Crippen molar-refractivity contribution in [3.8, 4) is 0 Å². The average Bonchev–Trinajstić information content (AvgIpc) is 2.32. The number of carboxylic acids is 3. The number of carbonyl (C=O) groups is 7. The van der Waals surface area contributed by atoms with Crippen LogP contribution < -0.4 is 45.7 Å². The van der Waals surface area contributed by atoms with E-state index in [9.17, 15) is 38.7 Å². The molecular weight excluding hydrogens is 1220 g/mol. The van der Waals surface area contributed by atoms with Crippen LogP contribution in [0.1, 0.15) is 123 Å². The zero-order chi connectivity index (χ0) is 61.1. The molecule has 3 aliphatic rings. The van der Waals surface area contributed by atoms with Gasteiger partial charge < -0.3 is 51.3 Å². The molecule has 20 nitrogen and oxygen atoms in total. The first-order chi connectivity index (χ1) is 42.1. The number of nitrogens with two attached hydrogens (primary N) is 1. The molecule has 0 radical (unpaired) electrons. The van der Waals surface area contributed by atoms with Crippen LogP contribution >= 0.6 is 56.9 Å². The van der Waals surface area contributed by atoms with Gasteiger partial charge in [-0.1, -0.05) is 72.3 Å². The van der Waals surface area contributed by atoms with Crippen molar-refractivity contribution in [1.29, 1.82) is 0 Å². The van der Waals surface area contributed by atoms with E-state index in [4.69, 9.17) is 37.0 Å². The van der Waals surface area contributed by atoms with E-state index in [1.165, 1.54) is 88.6 Å². The van der Waals surface area contributed by atoms with Crippen LogP contribution in [-0.2, 0) is 32.3 Å². The summed E-state index contributed by atoms with van der Waals surface area (Å²) in [7, 11) is 0. The number of hydrogen-bond acceptors (Lipinski definition) is 19. The van der Waals surface area contributed by atoms with E-state index >= 15 is 0 Å². The number of aromatic nitrogens is 4. The van der Waals surface area contributed by atoms with Gasteiger partial charge in [-0.2, -0.15) is 0 Å². The van der Waals surface area contributed by atoms with Gasteiger partial charge in [-0.25, -0.2) is 14.4 Å². The van der Waals surface area contributed by atoms with Crippen molar-refractivity contribution in [2.24, 2.45) is 5.73 Å². The predicted molar refractivity (Wildman–Crippen MR) is 331 cm³/mol. The molecular formula is C62H54ClLiN8O12S4. The van der Waals surface area contributed by atoms with Crippen molar-refractivity contribution in [3.63, 3.8) is 0 Å². The van der Waals surface area contributed by atoms with Gasteiger partial charge >= 0.3 is 42.9 Å². The molecule has 0 bridgehead atoms. The summed E-state index contributed by atoms with van der Waals surface area (Å²) in [5.41, 5.74) is 13.8. The summed E-state index contributed by atoms with van der Waals surface area (Å²) in [5.74, 6) is -2.78. The van der Waals surface area contributed by atoms with Crippen molar-refractivity contribution in [2.45, 2.75) is 81.6 Å². The molecule has 2 atom stereocenters. The first-order valence-corrected chi connectivity index (χ1v) is 31.1. The molecule has 0 saturated heterocycles. The Bertz CT molecular complexity index is 4170. The summed E-state index contributed by atoms with van der Waals surface area (Å²) in [4.78, 5) is 101. The summed E-state index contributed by atoms with van der Waals surface area (Å²) in [5, 5.41) is 36.5. The Labute approximate surface area is 535 Å². The molecule has 3 amide bonds. The van der Waals surface area contributed by atoms with Crippen molar-refractivity contribution in [1.82, 2.24) is 35.9 Å². The summed E-state index contributed by atoms with van der Waals surface area (Å²) in [6.07, 6.45) is 13.2. The Kier molecular flexibility index (Phi) is 21.7. The van der Waals surface area contributed by atoms with E-state index < -0.39 is 42.1 Å². The number of carbonyl (C=O) groups excluding carboxylic acids is 5. The van der Waals surface area contributed by atoms with Gasteiger partial charge in [-0.15, -0.1) is 45.3 Å². The monoisotopic (exact) mass is 1270 g/mol. The molecule has 3 aliphatic carbocycles. The molecule has 3 fully saturated rings. The minimum Gasteiger partial charge on any atom is -0.544 e. The zero-order valence-electron chi connectivity index (χ0n) is 47.0. The molecule has 8 aromatic heterocycles. The topological polar surface area (TPSA) is 315 Å². The number of halogens is 1. The SMILES string of the molecule is N[C@H](CNC(=O)c1cc2nccc(C3CC3)c2s1)C(=O)O.O=C(N[C@H](CNC(=O)c1cc2nccc(C3CC3)c2s1)C(=O)OCc1ccccc1)OCc1ccccc1.O=C(O)c1cc2nccc(C3CC3)c2s1.O=C([O-])c1cc2nccc(Cl)c2s1.[Li+]. The number of aliphatic carboxylic acids is 1. The molecule has 26 heteroatoms. The van der Waals surface area contributed by atoms with E-state index in [0.29, 0.717) is 47.6 Å². The molecule has 446 valence electrons. The van der Waals surface area contributed by atoms with Gasteiger partial charge in [0.05, 0.1) is 66.5 Å². The maximum atomic E-state index is 13.0. The molecule has 3 saturated carbocycles. The Morgan fingerprint density at radius 2 is 0.955 bits per heavy atom. The molecule has 0 unspecified atom stereocenters. The Morgan fingerprint density at radius 3 is 1.39 bits per heavy atom. The van der Waals surface area contributed by atoms with Crippen LogP contribution in [0.5, 0.6) is 0 Å². The Morgan fingerprint density at radius 1 is 0.557 bits per heavy atom. The second-order valence-corrected chi connectivity index (χ2v) is 25.0. The van der Waals surface area contributed by atoms with Gasteiger partial charge in [-0.3, -0.25) is 34.3 Å². The van der Waals surface area contributed by atoms with Gasteiger partial charge in [0.2, 0.25) is 0 Å². The summed E-state index contributed by atoms with van der Waals surface area (Å²) in [6.45, 7) is -0.172. The van der Waals surface area contributed by atoms with Crippen LogP contribution in [0.25, 0.3) is 40.9 Å². The molecule has 2 aromatic carbocycles. The number of nitrogens with zero attached hydrogens (tertiary/aromatic N) is 4. The maximum absolute atomic E-state index is 13.0. The molecule has 88 heavy (non-hydrogen) atoms. The second-order valence-electron chi connectivity index (χ2n) is 20.4. The number of fused-ring (bicyclic) bond motifs is 4. The van der Waals surface area contributed by atoms with Gasteiger partial charge in [-0.05, 0) is 133 Å². The van der Waals surface area contributed by atoms with Gasteiger partial charge in [0.15, 0.2) is 0 Å². The van der Waals surface area contributed by atoms with Crippen molar-refractivity contribution < 1.29 is 77.2 Å². The van der Waals surface area contributed by atoms with E-state index in [1.807, 2.05) is 78.9 Å². The van der Waals surface area contributed by atoms with Crippen LogP contribution in [-0.4, -0.2) is 97.1 Å². The van der Waals surface area contributed by atoms with E-state index in [2.05, 4.69) is 35.9 Å². The Balaban J connectivity index is 0.000000154. The van der Waals surface area contributed by atoms with Crippen molar-refractivity contribution in [3.05, 3.63) is 186 Å². The van der Waals surface area contributed by atoms with Crippen LogP contribution in [0.3, 0.4) is 0 Å². The first-order valence-electron chi connectivity index (χ1n) is 27.4.